The molecule has 0 unspecified atom stereocenters. The molecule has 1 saturated heterocycles. The number of nitrogens with zero attached hydrogens (tertiary/aromatic N) is 1. The third-order valence-corrected chi connectivity index (χ3v) is 4.56. The highest BCUT2D eigenvalue weighted by Gasteiger charge is 2.13. The Labute approximate surface area is 137 Å². The number of ether oxygens (including phenoxy) is 2. The lowest BCUT2D eigenvalue weighted by atomic mass is 10.0. The lowest BCUT2D eigenvalue weighted by Crippen LogP contribution is -2.37. The van der Waals surface area contributed by atoms with E-state index in [1.54, 1.807) is 18.4 Å². The van der Waals surface area contributed by atoms with Gasteiger partial charge in [-0.2, -0.15) is 0 Å². The minimum Gasteiger partial charge on any atom is -0.381 e. The predicted octanol–water partition coefficient (Wildman–Crippen LogP) is 2.25. The van der Waals surface area contributed by atoms with Crippen molar-refractivity contribution in [1.29, 1.82) is 0 Å². The number of hydrogen-bond donors (Lipinski definition) is 2. The van der Waals surface area contributed by atoms with Crippen molar-refractivity contribution in [1.82, 2.24) is 10.6 Å². The highest BCUT2D eigenvalue weighted by molar-refractivity contribution is 7.09. The summed E-state index contributed by atoms with van der Waals surface area (Å²) in [6.07, 6.45) is 3.26. The molecule has 0 bridgehead atoms. The lowest BCUT2D eigenvalue weighted by Gasteiger charge is -2.21. The van der Waals surface area contributed by atoms with Crippen molar-refractivity contribution in [3.05, 3.63) is 22.4 Å². The van der Waals surface area contributed by atoms with E-state index in [-0.39, 0.29) is 0 Å². The van der Waals surface area contributed by atoms with Crippen LogP contribution < -0.4 is 10.6 Å². The van der Waals surface area contributed by atoms with E-state index in [2.05, 4.69) is 33.1 Å². The van der Waals surface area contributed by atoms with E-state index < -0.39 is 0 Å². The zero-order chi connectivity index (χ0) is 15.5. The molecule has 0 aliphatic carbocycles. The first-order valence-corrected chi connectivity index (χ1v) is 8.89. The van der Waals surface area contributed by atoms with Gasteiger partial charge in [-0.1, -0.05) is 6.07 Å². The van der Waals surface area contributed by atoms with Crippen LogP contribution in [0, 0.1) is 5.92 Å². The summed E-state index contributed by atoms with van der Waals surface area (Å²) in [7, 11) is 1.80. The molecule has 0 spiro atoms. The SMILES string of the molecule is CN=C(NCCCOCC1CCOCC1)NCc1cccs1. The van der Waals surface area contributed by atoms with Gasteiger partial charge in [0, 0.05) is 44.9 Å². The lowest BCUT2D eigenvalue weighted by molar-refractivity contribution is 0.0203. The van der Waals surface area contributed by atoms with Crippen LogP contribution in [-0.4, -0.2) is 46.0 Å². The molecule has 1 aromatic heterocycles. The predicted molar refractivity (Wildman–Crippen MR) is 91.5 cm³/mol. The Morgan fingerprint density at radius 2 is 2.27 bits per heavy atom. The van der Waals surface area contributed by atoms with E-state index in [4.69, 9.17) is 9.47 Å². The van der Waals surface area contributed by atoms with Crippen molar-refractivity contribution in [2.75, 3.05) is 40.0 Å². The van der Waals surface area contributed by atoms with Gasteiger partial charge in [0.2, 0.25) is 0 Å². The average molecular weight is 325 g/mol. The van der Waals surface area contributed by atoms with Gasteiger partial charge in [-0.15, -0.1) is 11.3 Å². The molecule has 2 heterocycles. The smallest absolute Gasteiger partial charge is 0.191 e. The molecule has 6 heteroatoms. The van der Waals surface area contributed by atoms with E-state index >= 15 is 0 Å². The fourth-order valence-electron chi connectivity index (χ4n) is 2.35. The maximum absolute atomic E-state index is 5.75. The van der Waals surface area contributed by atoms with E-state index in [1.165, 1.54) is 4.88 Å². The second-order valence-corrected chi connectivity index (χ2v) is 6.45. The van der Waals surface area contributed by atoms with Crippen LogP contribution in [0.2, 0.25) is 0 Å². The average Bonchev–Trinajstić information content (AvgIpc) is 3.08. The van der Waals surface area contributed by atoms with Crippen LogP contribution in [0.15, 0.2) is 22.5 Å². The van der Waals surface area contributed by atoms with Crippen LogP contribution in [0.4, 0.5) is 0 Å². The van der Waals surface area contributed by atoms with Gasteiger partial charge in [-0.3, -0.25) is 4.99 Å². The quantitative estimate of drug-likeness (QED) is 0.437. The van der Waals surface area contributed by atoms with Crippen molar-refractivity contribution in [2.24, 2.45) is 10.9 Å². The fraction of sp³-hybridized carbons (Fsp3) is 0.688. The third-order valence-electron chi connectivity index (χ3n) is 3.69. The first-order chi connectivity index (χ1) is 10.9. The van der Waals surface area contributed by atoms with Gasteiger partial charge < -0.3 is 20.1 Å². The molecule has 0 amide bonds. The molecule has 2 N–H and O–H groups in total. The van der Waals surface area contributed by atoms with Gasteiger partial charge in [-0.25, -0.2) is 0 Å². The zero-order valence-electron chi connectivity index (χ0n) is 13.3. The molecule has 124 valence electrons. The first kappa shape index (κ1) is 17.2. The maximum atomic E-state index is 5.75. The highest BCUT2D eigenvalue weighted by atomic mass is 32.1. The molecule has 0 radical (unpaired) electrons. The van der Waals surface area contributed by atoms with Crippen LogP contribution >= 0.6 is 11.3 Å². The summed E-state index contributed by atoms with van der Waals surface area (Å²) >= 11 is 1.75. The fourth-order valence-corrected chi connectivity index (χ4v) is 2.99. The Morgan fingerprint density at radius 1 is 1.41 bits per heavy atom. The number of rotatable bonds is 8. The summed E-state index contributed by atoms with van der Waals surface area (Å²) in [4.78, 5) is 5.53. The second-order valence-electron chi connectivity index (χ2n) is 5.42. The van der Waals surface area contributed by atoms with Gasteiger partial charge in [-0.05, 0) is 36.6 Å². The molecule has 0 atom stereocenters. The van der Waals surface area contributed by atoms with Gasteiger partial charge in [0.25, 0.3) is 0 Å². The topological polar surface area (TPSA) is 54.9 Å². The monoisotopic (exact) mass is 325 g/mol. The molecular weight excluding hydrogens is 298 g/mol. The summed E-state index contributed by atoms with van der Waals surface area (Å²) in [6, 6.07) is 4.18. The zero-order valence-corrected chi connectivity index (χ0v) is 14.2. The maximum Gasteiger partial charge on any atom is 0.191 e. The molecule has 0 saturated carbocycles. The molecular formula is C16H27N3O2S. The van der Waals surface area contributed by atoms with Gasteiger partial charge in [0.1, 0.15) is 0 Å². The van der Waals surface area contributed by atoms with E-state index in [1.807, 2.05) is 0 Å². The number of thiophene rings is 1. The van der Waals surface area contributed by atoms with Crippen LogP contribution in [0.25, 0.3) is 0 Å². The summed E-state index contributed by atoms with van der Waals surface area (Å²) in [5, 5.41) is 8.71. The Morgan fingerprint density at radius 3 is 3.00 bits per heavy atom. The van der Waals surface area contributed by atoms with Crippen molar-refractivity contribution in [3.8, 4) is 0 Å². The van der Waals surface area contributed by atoms with Crippen molar-refractivity contribution < 1.29 is 9.47 Å². The van der Waals surface area contributed by atoms with Gasteiger partial charge in [0.05, 0.1) is 6.54 Å². The number of guanidine groups is 1. The van der Waals surface area contributed by atoms with Gasteiger partial charge >= 0.3 is 0 Å². The molecule has 22 heavy (non-hydrogen) atoms. The van der Waals surface area contributed by atoms with E-state index in [0.29, 0.717) is 5.92 Å². The van der Waals surface area contributed by atoms with Crippen LogP contribution in [0.1, 0.15) is 24.1 Å². The standard InChI is InChI=1S/C16H27N3O2S/c1-17-16(19-12-15-4-2-11-22-15)18-7-3-8-21-13-14-5-9-20-10-6-14/h2,4,11,14H,3,5-10,12-13H2,1H3,(H2,17,18,19). The van der Waals surface area contributed by atoms with Crippen molar-refractivity contribution in [2.45, 2.75) is 25.8 Å². The summed E-state index contributed by atoms with van der Waals surface area (Å²) in [6.45, 7) is 5.14. The summed E-state index contributed by atoms with van der Waals surface area (Å²) in [5.74, 6) is 1.53. The van der Waals surface area contributed by atoms with Crippen LogP contribution in [-0.2, 0) is 16.0 Å². The van der Waals surface area contributed by atoms with E-state index in [0.717, 1.165) is 64.7 Å². The largest absolute Gasteiger partial charge is 0.381 e. The number of aliphatic imine (C=N–C) groups is 1. The van der Waals surface area contributed by atoms with Crippen LogP contribution in [0.5, 0.6) is 0 Å². The first-order valence-electron chi connectivity index (χ1n) is 8.01. The Hall–Kier alpha value is -1.11. The molecule has 5 nitrogen and oxygen atoms in total. The Balaban J connectivity index is 1.47. The normalized spacial score (nSPS) is 16.7. The number of nitrogens with one attached hydrogen (secondary N) is 2. The molecule has 2 rings (SSSR count). The Kier molecular flexibility index (Phi) is 8.30. The molecule has 1 aliphatic rings. The van der Waals surface area contributed by atoms with Crippen molar-refractivity contribution in [3.63, 3.8) is 0 Å². The van der Waals surface area contributed by atoms with Crippen LogP contribution in [0.3, 0.4) is 0 Å². The van der Waals surface area contributed by atoms with Crippen molar-refractivity contribution >= 4 is 17.3 Å². The second kappa shape index (κ2) is 10.6. The molecule has 1 aliphatic heterocycles. The third kappa shape index (κ3) is 6.77. The van der Waals surface area contributed by atoms with E-state index in [9.17, 15) is 0 Å². The summed E-state index contributed by atoms with van der Waals surface area (Å²) < 4.78 is 11.1. The Bertz CT molecular complexity index is 417. The minimum atomic E-state index is 0.682. The highest BCUT2D eigenvalue weighted by Crippen LogP contribution is 2.14. The molecule has 0 aromatic carbocycles. The van der Waals surface area contributed by atoms with Gasteiger partial charge in [0.15, 0.2) is 5.96 Å². The molecule has 1 fully saturated rings. The number of hydrogen-bond acceptors (Lipinski definition) is 4. The summed E-state index contributed by atoms with van der Waals surface area (Å²) in [5.41, 5.74) is 0. The minimum absolute atomic E-state index is 0.682. The molecule has 1 aromatic rings.